The summed E-state index contributed by atoms with van der Waals surface area (Å²) in [6.07, 6.45) is 0. The minimum atomic E-state index is -4.19. The minimum absolute atomic E-state index is 0.203. The third-order valence-electron chi connectivity index (χ3n) is 1.89. The molecule has 0 aromatic heterocycles. The Morgan fingerprint density at radius 1 is 1.31 bits per heavy atom. The van der Waals surface area contributed by atoms with Crippen molar-refractivity contribution in [3.8, 4) is 0 Å². The van der Waals surface area contributed by atoms with E-state index in [2.05, 4.69) is 0 Å². The molecule has 1 aromatic rings. The van der Waals surface area contributed by atoms with Gasteiger partial charge in [0.1, 0.15) is 0 Å². The molecule has 0 fully saturated rings. The molecule has 0 saturated carbocycles. The lowest BCUT2D eigenvalue weighted by Gasteiger charge is -2.11. The zero-order chi connectivity index (χ0) is 12.3. The quantitative estimate of drug-likeness (QED) is 0.610. The van der Waals surface area contributed by atoms with Crippen molar-refractivity contribution in [2.45, 2.75) is 11.4 Å². The van der Waals surface area contributed by atoms with Crippen LogP contribution in [0.15, 0.2) is 29.2 Å². The molecule has 0 aliphatic rings. The standard InChI is InChI=1S/C8H11NO5S2/c1-9(15(10)11)6-7-2-4-8(5-3-7)16(12,13)14/h2-5H,6H2,1H3,(H,10,11)(H,12,13,14). The van der Waals surface area contributed by atoms with Gasteiger partial charge >= 0.3 is 0 Å². The highest BCUT2D eigenvalue weighted by atomic mass is 32.2. The highest BCUT2D eigenvalue weighted by Crippen LogP contribution is 2.11. The van der Waals surface area contributed by atoms with Crippen LogP contribution in [-0.4, -0.2) is 33.1 Å². The molecule has 0 spiro atoms. The largest absolute Gasteiger partial charge is 0.294 e. The fourth-order valence-electron chi connectivity index (χ4n) is 1.08. The summed E-state index contributed by atoms with van der Waals surface area (Å²) in [7, 11) is -2.74. The number of hydrogen-bond acceptors (Lipinski definition) is 3. The second-order valence-corrected chi connectivity index (χ2v) is 5.64. The molecule has 16 heavy (non-hydrogen) atoms. The van der Waals surface area contributed by atoms with Crippen molar-refractivity contribution in [3.63, 3.8) is 0 Å². The van der Waals surface area contributed by atoms with Crippen LogP contribution >= 0.6 is 0 Å². The Morgan fingerprint density at radius 3 is 2.19 bits per heavy atom. The van der Waals surface area contributed by atoms with Gasteiger partial charge in [-0.3, -0.25) is 9.11 Å². The Balaban J connectivity index is 2.84. The Kier molecular flexibility index (Phi) is 4.16. The van der Waals surface area contributed by atoms with E-state index in [1.165, 1.54) is 35.6 Å². The molecule has 1 rings (SSSR count). The molecule has 0 amide bonds. The summed E-state index contributed by atoms with van der Waals surface area (Å²) >= 11 is -2.07. The van der Waals surface area contributed by atoms with Crippen molar-refractivity contribution >= 4 is 21.4 Å². The van der Waals surface area contributed by atoms with Crippen LogP contribution in [0.3, 0.4) is 0 Å². The number of hydrogen-bond donors (Lipinski definition) is 2. The first-order valence-corrected chi connectivity index (χ1v) is 6.69. The topological polar surface area (TPSA) is 94.9 Å². The second-order valence-electron chi connectivity index (χ2n) is 3.14. The van der Waals surface area contributed by atoms with Gasteiger partial charge in [0.2, 0.25) is 11.3 Å². The minimum Gasteiger partial charge on any atom is -0.294 e. The summed E-state index contributed by atoms with van der Waals surface area (Å²) in [6, 6.07) is 5.40. The first-order valence-electron chi connectivity index (χ1n) is 4.19. The third-order valence-corrected chi connectivity index (χ3v) is 3.42. The van der Waals surface area contributed by atoms with E-state index in [0.29, 0.717) is 5.56 Å². The van der Waals surface area contributed by atoms with Gasteiger partial charge in [-0.15, -0.1) is 0 Å². The van der Waals surface area contributed by atoms with E-state index >= 15 is 0 Å². The molecule has 0 aliphatic carbocycles. The van der Waals surface area contributed by atoms with Crippen molar-refractivity contribution in [1.82, 2.24) is 4.31 Å². The number of nitrogens with zero attached hydrogens (tertiary/aromatic N) is 1. The summed E-state index contributed by atoms with van der Waals surface area (Å²) in [6.45, 7) is 0.203. The highest BCUT2D eigenvalue weighted by molar-refractivity contribution is 7.85. The molecule has 0 saturated heterocycles. The Bertz CT molecular complexity index is 482. The molecule has 0 bridgehead atoms. The normalized spacial score (nSPS) is 14.0. The third kappa shape index (κ3) is 3.65. The lowest BCUT2D eigenvalue weighted by atomic mass is 10.2. The lowest BCUT2D eigenvalue weighted by Crippen LogP contribution is -2.19. The van der Waals surface area contributed by atoms with E-state index in [-0.39, 0.29) is 11.4 Å². The number of rotatable bonds is 4. The maximum atomic E-state index is 10.7. The summed E-state index contributed by atoms with van der Waals surface area (Å²) in [4.78, 5) is -0.205. The summed E-state index contributed by atoms with van der Waals surface area (Å²) in [5.41, 5.74) is 0.664. The van der Waals surface area contributed by atoms with E-state index < -0.39 is 21.4 Å². The van der Waals surface area contributed by atoms with Gasteiger partial charge in [-0.05, 0) is 17.7 Å². The van der Waals surface area contributed by atoms with Crippen molar-refractivity contribution in [2.75, 3.05) is 7.05 Å². The molecule has 2 N–H and O–H groups in total. The zero-order valence-corrected chi connectivity index (χ0v) is 10.0. The summed E-state index contributed by atoms with van der Waals surface area (Å²) in [5, 5.41) is 0. The van der Waals surface area contributed by atoms with E-state index in [0.717, 1.165) is 0 Å². The molecule has 90 valence electrons. The SMILES string of the molecule is CN(Cc1ccc(S(=O)(=O)O)cc1)S(=O)O. The molecule has 1 unspecified atom stereocenters. The smallest absolute Gasteiger partial charge is 0.294 e. The average molecular weight is 265 g/mol. The van der Waals surface area contributed by atoms with Crippen LogP contribution < -0.4 is 0 Å². The van der Waals surface area contributed by atoms with E-state index in [9.17, 15) is 12.6 Å². The molecule has 0 heterocycles. The van der Waals surface area contributed by atoms with Crippen LogP contribution in [0, 0.1) is 0 Å². The van der Waals surface area contributed by atoms with Crippen LogP contribution in [-0.2, 0) is 27.9 Å². The van der Waals surface area contributed by atoms with Gasteiger partial charge in [0.25, 0.3) is 10.1 Å². The van der Waals surface area contributed by atoms with Crippen molar-refractivity contribution in [1.29, 1.82) is 0 Å². The van der Waals surface area contributed by atoms with Gasteiger partial charge in [0.05, 0.1) is 4.90 Å². The molecule has 0 aliphatic heterocycles. The molecular formula is C8H11NO5S2. The fourth-order valence-corrected chi connectivity index (χ4v) is 1.82. The van der Waals surface area contributed by atoms with Crippen LogP contribution in [0.1, 0.15) is 5.56 Å². The first kappa shape index (κ1) is 13.3. The van der Waals surface area contributed by atoms with Gasteiger partial charge in [-0.25, -0.2) is 4.21 Å². The van der Waals surface area contributed by atoms with Crippen LogP contribution in [0.5, 0.6) is 0 Å². The van der Waals surface area contributed by atoms with E-state index in [1.54, 1.807) is 0 Å². The molecule has 1 aromatic carbocycles. The van der Waals surface area contributed by atoms with Gasteiger partial charge in [-0.1, -0.05) is 12.1 Å². The Hall–Kier alpha value is -0.800. The van der Waals surface area contributed by atoms with Crippen molar-refractivity contribution in [2.24, 2.45) is 0 Å². The number of benzene rings is 1. The van der Waals surface area contributed by atoms with E-state index in [4.69, 9.17) is 9.11 Å². The van der Waals surface area contributed by atoms with Gasteiger partial charge in [0.15, 0.2) is 0 Å². The molecule has 8 heteroatoms. The molecule has 6 nitrogen and oxygen atoms in total. The molecule has 0 radical (unpaired) electrons. The zero-order valence-electron chi connectivity index (χ0n) is 8.40. The molecular weight excluding hydrogens is 254 g/mol. The van der Waals surface area contributed by atoms with E-state index in [1.807, 2.05) is 0 Å². The lowest BCUT2D eigenvalue weighted by molar-refractivity contribution is 0.444. The summed E-state index contributed by atoms with van der Waals surface area (Å²) in [5.74, 6) is 0. The average Bonchev–Trinajstić information content (AvgIpc) is 2.17. The van der Waals surface area contributed by atoms with Gasteiger partial charge in [-0.2, -0.15) is 12.7 Å². The van der Waals surface area contributed by atoms with Crippen LogP contribution in [0.2, 0.25) is 0 Å². The first-order chi connectivity index (χ1) is 7.30. The monoisotopic (exact) mass is 265 g/mol. The van der Waals surface area contributed by atoms with Crippen molar-refractivity contribution in [3.05, 3.63) is 29.8 Å². The van der Waals surface area contributed by atoms with Crippen LogP contribution in [0.4, 0.5) is 0 Å². The maximum absolute atomic E-state index is 10.7. The van der Waals surface area contributed by atoms with Crippen molar-refractivity contribution < 1.29 is 21.7 Å². The highest BCUT2D eigenvalue weighted by Gasteiger charge is 2.10. The predicted octanol–water partition coefficient (Wildman–Crippen LogP) is 0.502. The fraction of sp³-hybridized carbons (Fsp3) is 0.250. The summed E-state index contributed by atoms with van der Waals surface area (Å²) < 4.78 is 50.7. The Morgan fingerprint density at radius 2 is 1.81 bits per heavy atom. The second kappa shape index (κ2) is 5.02. The van der Waals surface area contributed by atoms with Crippen LogP contribution in [0.25, 0.3) is 0 Å². The van der Waals surface area contributed by atoms with Gasteiger partial charge in [0, 0.05) is 13.6 Å². The molecule has 1 atom stereocenters. The maximum Gasteiger partial charge on any atom is 0.294 e. The van der Waals surface area contributed by atoms with Gasteiger partial charge < -0.3 is 0 Å². The Labute approximate surface area is 96.1 Å². The predicted molar refractivity (Wildman–Crippen MR) is 58.5 cm³/mol.